The van der Waals surface area contributed by atoms with Crippen molar-refractivity contribution in [2.45, 2.75) is 39.9 Å². The molecule has 0 saturated carbocycles. The van der Waals surface area contributed by atoms with Gasteiger partial charge in [-0.25, -0.2) is 9.59 Å². The predicted octanol–water partition coefficient (Wildman–Crippen LogP) is 14.3. The Morgan fingerprint density at radius 3 is 1.20 bits per heavy atom. The van der Waals surface area contributed by atoms with Gasteiger partial charge in [0.05, 0.1) is 37.6 Å². The molecule has 11 rings (SSSR count). The van der Waals surface area contributed by atoms with Crippen molar-refractivity contribution in [2.24, 2.45) is 0 Å². The zero-order valence-corrected chi connectivity index (χ0v) is 37.3. The fourth-order valence-electron chi connectivity index (χ4n) is 9.78. The molecule has 1 aliphatic rings. The first-order chi connectivity index (χ1) is 32.1. The van der Waals surface area contributed by atoms with Crippen molar-refractivity contribution in [3.63, 3.8) is 0 Å². The van der Waals surface area contributed by atoms with Gasteiger partial charge in [-0.1, -0.05) is 84.9 Å². The summed E-state index contributed by atoms with van der Waals surface area (Å²) in [6.45, 7) is 7.98. The van der Waals surface area contributed by atoms with Gasteiger partial charge in [0.2, 0.25) is 0 Å². The van der Waals surface area contributed by atoms with Gasteiger partial charge in [0, 0.05) is 45.2 Å². The van der Waals surface area contributed by atoms with Crippen LogP contribution in [-0.4, -0.2) is 38.4 Å². The van der Waals surface area contributed by atoms with E-state index < -0.39 is 11.9 Å². The van der Waals surface area contributed by atoms with Crippen LogP contribution in [0.3, 0.4) is 0 Å². The average molecular weight is 869 g/mol. The van der Waals surface area contributed by atoms with Crippen molar-refractivity contribution in [3.8, 4) is 56.8 Å². The number of rotatable bonds is 6. The molecule has 0 spiro atoms. The van der Waals surface area contributed by atoms with Crippen LogP contribution in [-0.2, 0) is 0 Å². The summed E-state index contributed by atoms with van der Waals surface area (Å²) in [6.07, 6.45) is -0.0337. The van der Waals surface area contributed by atoms with Crippen LogP contribution < -0.4 is 28.4 Å². The van der Waals surface area contributed by atoms with Crippen molar-refractivity contribution in [3.05, 3.63) is 157 Å². The second-order valence-corrected chi connectivity index (χ2v) is 17.2. The van der Waals surface area contributed by atoms with Gasteiger partial charge >= 0.3 is 11.9 Å². The van der Waals surface area contributed by atoms with E-state index in [0.29, 0.717) is 44.5 Å². The van der Waals surface area contributed by atoms with Gasteiger partial charge in [-0.2, -0.15) is 0 Å². The summed E-state index contributed by atoms with van der Waals surface area (Å²) in [5.41, 5.74) is 2.74. The summed E-state index contributed by atoms with van der Waals surface area (Å²) in [6, 6.07) is 46.6. The second-order valence-electron chi connectivity index (χ2n) is 17.2. The average Bonchev–Trinajstić information content (AvgIpc) is 3.31. The normalized spacial score (nSPS) is 12.7. The number of esters is 2. The number of ether oxygens (including phenoxy) is 6. The molecule has 0 N–H and O–H groups in total. The number of hydrogen-bond donors (Lipinski definition) is 0. The minimum Gasteiger partial charge on any atom is -0.496 e. The molecule has 8 nitrogen and oxygen atoms in total. The third-order valence-electron chi connectivity index (χ3n) is 12.4. The van der Waals surface area contributed by atoms with Crippen molar-refractivity contribution < 1.29 is 38.0 Å². The Balaban J connectivity index is 1.29. The van der Waals surface area contributed by atoms with Crippen LogP contribution in [0.25, 0.3) is 86.9 Å². The second kappa shape index (κ2) is 15.9. The molecule has 1 heterocycles. The van der Waals surface area contributed by atoms with Crippen LogP contribution >= 0.6 is 0 Å². The Morgan fingerprint density at radius 2 is 0.788 bits per heavy atom. The molecule has 0 atom stereocenters. The third kappa shape index (κ3) is 6.59. The molecule has 324 valence electrons. The van der Waals surface area contributed by atoms with E-state index in [1.165, 1.54) is 0 Å². The monoisotopic (exact) mass is 868 g/mol. The molecule has 0 fully saturated rings. The first-order valence-electron chi connectivity index (χ1n) is 22.1. The van der Waals surface area contributed by atoms with Gasteiger partial charge in [0.1, 0.15) is 34.5 Å². The predicted molar refractivity (Wildman–Crippen MR) is 263 cm³/mol. The van der Waals surface area contributed by atoms with E-state index in [4.69, 9.17) is 28.4 Å². The van der Waals surface area contributed by atoms with E-state index in [1.807, 2.05) is 149 Å². The highest BCUT2D eigenvalue weighted by Gasteiger charge is 2.32. The van der Waals surface area contributed by atoms with Crippen molar-refractivity contribution in [1.29, 1.82) is 0 Å². The Labute approximate surface area is 380 Å². The summed E-state index contributed by atoms with van der Waals surface area (Å²) < 4.78 is 38.2. The highest BCUT2D eigenvalue weighted by atomic mass is 16.5. The number of hydrogen-bond acceptors (Lipinski definition) is 8. The summed E-state index contributed by atoms with van der Waals surface area (Å²) in [7, 11) is 3.21. The van der Waals surface area contributed by atoms with Crippen LogP contribution in [0.5, 0.6) is 34.5 Å². The summed E-state index contributed by atoms with van der Waals surface area (Å²) in [5.74, 6) is 1.66. The van der Waals surface area contributed by atoms with Gasteiger partial charge in [0.25, 0.3) is 0 Å². The lowest BCUT2D eigenvalue weighted by Crippen LogP contribution is -2.16. The van der Waals surface area contributed by atoms with Gasteiger partial charge < -0.3 is 28.4 Å². The topological polar surface area (TPSA) is 89.5 Å². The molecule has 0 radical (unpaired) electrons. The van der Waals surface area contributed by atoms with Crippen molar-refractivity contribution in [2.75, 3.05) is 14.2 Å². The quantitative estimate of drug-likeness (QED) is 0.0927. The fraction of sp³-hybridized carbons (Fsp3) is 0.138. The van der Waals surface area contributed by atoms with Crippen molar-refractivity contribution in [1.82, 2.24) is 0 Å². The van der Waals surface area contributed by atoms with Crippen LogP contribution in [0.15, 0.2) is 146 Å². The highest BCUT2D eigenvalue weighted by molar-refractivity contribution is 6.24. The Morgan fingerprint density at radius 1 is 0.394 bits per heavy atom. The summed E-state index contributed by atoms with van der Waals surface area (Å²) in [4.78, 5) is 30.7. The van der Waals surface area contributed by atoms with E-state index >= 15 is 9.59 Å². The van der Waals surface area contributed by atoms with E-state index in [0.717, 1.165) is 65.4 Å². The molecule has 0 aliphatic carbocycles. The number of carbonyl (C=O) groups excluding carboxylic acids is 2. The highest BCUT2D eigenvalue weighted by Crippen LogP contribution is 2.53. The lowest BCUT2D eigenvalue weighted by Gasteiger charge is -2.24. The van der Waals surface area contributed by atoms with E-state index in [9.17, 15) is 0 Å². The van der Waals surface area contributed by atoms with Crippen LogP contribution in [0.1, 0.15) is 48.4 Å². The molecule has 0 unspecified atom stereocenters. The number of carbonyl (C=O) groups is 2. The summed E-state index contributed by atoms with van der Waals surface area (Å²) >= 11 is 0. The first kappa shape index (κ1) is 40.7. The molecule has 1 aliphatic heterocycles. The van der Waals surface area contributed by atoms with Gasteiger partial charge in [0.15, 0.2) is 0 Å². The van der Waals surface area contributed by atoms with Gasteiger partial charge in [-0.05, 0) is 130 Å². The maximum absolute atomic E-state index is 15.4. The number of methoxy groups -OCH3 is 2. The zero-order valence-electron chi connectivity index (χ0n) is 37.3. The molecular weight excluding hydrogens is 825 g/mol. The van der Waals surface area contributed by atoms with E-state index in [2.05, 4.69) is 0 Å². The SMILES string of the molecule is COc1cc2c(c3ccc4cc(OC(C)C)ccc4c13)-c1c(cc(OC)c3c1ccc1cc(OC(C)C)ccc13)OC(=O)c1ccc3ccccc3c1-c1c(ccc3ccccc13)C(=O)O2. The van der Waals surface area contributed by atoms with Crippen molar-refractivity contribution >= 4 is 76.6 Å². The largest absolute Gasteiger partial charge is 0.496 e. The Bertz CT molecular complexity index is 3440. The van der Waals surface area contributed by atoms with Gasteiger partial charge in [-0.15, -0.1) is 0 Å². The Hall–Kier alpha value is -8.10. The van der Waals surface area contributed by atoms with Crippen LogP contribution in [0.2, 0.25) is 0 Å². The van der Waals surface area contributed by atoms with Crippen LogP contribution in [0, 0.1) is 0 Å². The molecule has 0 bridgehead atoms. The molecule has 8 heteroatoms. The molecular formula is C58H44O8. The first-order valence-corrected chi connectivity index (χ1v) is 22.1. The molecule has 66 heavy (non-hydrogen) atoms. The lowest BCUT2D eigenvalue weighted by molar-refractivity contribution is 0.0721. The molecule has 0 aromatic heterocycles. The maximum atomic E-state index is 15.4. The fourth-order valence-corrected chi connectivity index (χ4v) is 9.78. The van der Waals surface area contributed by atoms with E-state index in [-0.39, 0.29) is 34.8 Å². The number of benzene rings is 10. The van der Waals surface area contributed by atoms with E-state index in [1.54, 1.807) is 38.5 Å². The molecule has 0 amide bonds. The third-order valence-corrected chi connectivity index (χ3v) is 12.4. The van der Waals surface area contributed by atoms with Crippen LogP contribution in [0.4, 0.5) is 0 Å². The molecule has 0 saturated heterocycles. The lowest BCUT2D eigenvalue weighted by atomic mass is 9.86. The molecule has 10 aromatic carbocycles. The summed E-state index contributed by atoms with van der Waals surface area (Å²) in [5, 5.41) is 9.90. The Kier molecular flexibility index (Phi) is 9.77. The molecule has 10 aromatic rings. The smallest absolute Gasteiger partial charge is 0.344 e. The maximum Gasteiger partial charge on any atom is 0.344 e. The van der Waals surface area contributed by atoms with Gasteiger partial charge in [-0.3, -0.25) is 0 Å². The minimum absolute atomic E-state index is 0.0168. The number of fused-ring (bicyclic) bond motifs is 18. The standard InChI is InChI=1S/C58H44O8/c1-31(2)63-37-19-25-41-35(27-37)17-21-43-51(41)47(61-5)29-49-55(43)56-44-22-18-36-28-38(64-32(3)4)20-26-42(36)52(44)48(62-6)30-50(56)66-58(60)46-24-16-34-12-8-10-14-40(34)54(46)53-39-13-9-7-11-33(39)15-23-45(53)57(59)65-49/h7-32H,1-6H3. The zero-order chi connectivity index (χ0) is 45.4. The minimum atomic E-state index is -0.606.